The molecule has 0 saturated heterocycles. The molecular formula is C22H22N2O4. The van der Waals surface area contributed by atoms with Crippen molar-refractivity contribution in [1.82, 2.24) is 0 Å². The maximum atomic E-state index is 12.4. The minimum absolute atomic E-state index is 0.0527. The number of hydrogen-bond donors (Lipinski definition) is 1. The fourth-order valence-electron chi connectivity index (χ4n) is 2.34. The number of amides is 1. The minimum Gasteiger partial charge on any atom is -0.494 e. The van der Waals surface area contributed by atoms with Gasteiger partial charge in [-0.3, -0.25) is 4.79 Å². The van der Waals surface area contributed by atoms with E-state index >= 15 is 0 Å². The first-order valence-electron chi connectivity index (χ1n) is 9.00. The first kappa shape index (κ1) is 20.7. The van der Waals surface area contributed by atoms with Crippen molar-refractivity contribution in [2.75, 3.05) is 18.5 Å². The highest BCUT2D eigenvalue weighted by atomic mass is 16.5. The Kier molecular flexibility index (Phi) is 7.79. The molecule has 28 heavy (non-hydrogen) atoms. The summed E-state index contributed by atoms with van der Waals surface area (Å²) in [6.07, 6.45) is 2.22. The molecular weight excluding hydrogens is 356 g/mol. The third kappa shape index (κ3) is 5.99. The first-order chi connectivity index (χ1) is 13.6. The van der Waals surface area contributed by atoms with Crippen molar-refractivity contribution in [2.24, 2.45) is 0 Å². The maximum Gasteiger partial charge on any atom is 0.338 e. The van der Waals surface area contributed by atoms with E-state index in [-0.39, 0.29) is 5.57 Å². The second-order valence-corrected chi connectivity index (χ2v) is 5.84. The second kappa shape index (κ2) is 10.5. The highest BCUT2D eigenvalue weighted by molar-refractivity contribution is 6.10. The van der Waals surface area contributed by atoms with Crippen LogP contribution in [0.1, 0.15) is 36.2 Å². The summed E-state index contributed by atoms with van der Waals surface area (Å²) in [4.78, 5) is 24.4. The number of benzene rings is 2. The molecule has 0 aromatic heterocycles. The van der Waals surface area contributed by atoms with Crippen molar-refractivity contribution in [3.63, 3.8) is 0 Å². The average molecular weight is 378 g/mol. The molecule has 2 rings (SSSR count). The molecule has 1 N–H and O–H groups in total. The standard InChI is InChI=1S/C22H22N2O4/c1-3-12-28-22(26)17-6-5-7-19(14-17)24-21(25)18(15-23)13-16-8-10-20(11-9-16)27-4-2/h5-11,13-14H,3-4,12H2,1-2H3,(H,24,25)/b18-13+. The number of carbonyl (C=O) groups is 2. The van der Waals surface area contributed by atoms with Crippen LogP contribution in [0.5, 0.6) is 5.75 Å². The predicted molar refractivity (Wildman–Crippen MR) is 107 cm³/mol. The molecule has 0 aliphatic rings. The van der Waals surface area contributed by atoms with Gasteiger partial charge in [0, 0.05) is 5.69 Å². The molecule has 0 radical (unpaired) electrons. The lowest BCUT2D eigenvalue weighted by Gasteiger charge is -2.07. The largest absolute Gasteiger partial charge is 0.494 e. The van der Waals surface area contributed by atoms with E-state index in [2.05, 4.69) is 5.32 Å². The third-order valence-corrected chi connectivity index (χ3v) is 3.66. The van der Waals surface area contributed by atoms with Gasteiger partial charge >= 0.3 is 5.97 Å². The highest BCUT2D eigenvalue weighted by Crippen LogP contribution is 2.16. The maximum absolute atomic E-state index is 12.4. The Morgan fingerprint density at radius 3 is 2.54 bits per heavy atom. The third-order valence-electron chi connectivity index (χ3n) is 3.66. The molecule has 0 saturated carbocycles. The van der Waals surface area contributed by atoms with E-state index in [9.17, 15) is 14.9 Å². The number of esters is 1. The van der Waals surface area contributed by atoms with Crippen molar-refractivity contribution < 1.29 is 19.1 Å². The molecule has 2 aromatic rings. The number of nitrogens with one attached hydrogen (secondary N) is 1. The number of hydrogen-bond acceptors (Lipinski definition) is 5. The monoisotopic (exact) mass is 378 g/mol. The van der Waals surface area contributed by atoms with E-state index in [4.69, 9.17) is 9.47 Å². The van der Waals surface area contributed by atoms with Crippen molar-refractivity contribution >= 4 is 23.6 Å². The van der Waals surface area contributed by atoms with Gasteiger partial charge in [0.05, 0.1) is 18.8 Å². The van der Waals surface area contributed by atoms with Crippen molar-refractivity contribution in [1.29, 1.82) is 5.26 Å². The van der Waals surface area contributed by atoms with Gasteiger partial charge in [0.15, 0.2) is 0 Å². The van der Waals surface area contributed by atoms with Gasteiger partial charge in [-0.1, -0.05) is 25.1 Å². The van der Waals surface area contributed by atoms with Crippen LogP contribution >= 0.6 is 0 Å². The molecule has 0 aliphatic heterocycles. The molecule has 0 heterocycles. The van der Waals surface area contributed by atoms with Crippen molar-refractivity contribution in [2.45, 2.75) is 20.3 Å². The van der Waals surface area contributed by atoms with Crippen molar-refractivity contribution in [3.05, 3.63) is 65.2 Å². The van der Waals surface area contributed by atoms with Gasteiger partial charge in [-0.2, -0.15) is 5.26 Å². The fraction of sp³-hybridized carbons (Fsp3) is 0.227. The summed E-state index contributed by atoms with van der Waals surface area (Å²) in [7, 11) is 0. The lowest BCUT2D eigenvalue weighted by molar-refractivity contribution is -0.112. The van der Waals surface area contributed by atoms with Crippen LogP contribution in [0.3, 0.4) is 0 Å². The van der Waals surface area contributed by atoms with Crippen LogP contribution in [0, 0.1) is 11.3 Å². The van der Waals surface area contributed by atoms with E-state index in [1.165, 1.54) is 12.1 Å². The number of anilines is 1. The number of carbonyl (C=O) groups excluding carboxylic acids is 2. The molecule has 6 heteroatoms. The topological polar surface area (TPSA) is 88.4 Å². The van der Waals surface area contributed by atoms with Gasteiger partial charge in [-0.15, -0.1) is 0 Å². The molecule has 2 aromatic carbocycles. The van der Waals surface area contributed by atoms with E-state index in [0.717, 1.165) is 12.2 Å². The van der Waals surface area contributed by atoms with Gasteiger partial charge in [0.1, 0.15) is 17.4 Å². The van der Waals surface area contributed by atoms with Gasteiger partial charge in [-0.05, 0) is 55.3 Å². The summed E-state index contributed by atoms with van der Waals surface area (Å²) < 4.78 is 10.5. The smallest absolute Gasteiger partial charge is 0.338 e. The number of ether oxygens (including phenoxy) is 2. The number of rotatable bonds is 8. The normalized spacial score (nSPS) is 10.7. The van der Waals surface area contributed by atoms with Crippen LogP contribution in [0.15, 0.2) is 54.1 Å². The van der Waals surface area contributed by atoms with Crippen LogP contribution in [-0.2, 0) is 9.53 Å². The Hall–Kier alpha value is -3.59. The van der Waals surface area contributed by atoms with Gasteiger partial charge in [-0.25, -0.2) is 4.79 Å². The predicted octanol–water partition coefficient (Wildman–Crippen LogP) is 4.20. The summed E-state index contributed by atoms with van der Waals surface area (Å²) in [5, 5.41) is 12.0. The lowest BCUT2D eigenvalue weighted by Crippen LogP contribution is -2.14. The summed E-state index contributed by atoms with van der Waals surface area (Å²) in [6, 6.07) is 15.4. The SMILES string of the molecule is CCCOC(=O)c1cccc(NC(=O)/C(C#N)=C/c2ccc(OCC)cc2)c1. The Morgan fingerprint density at radius 1 is 1.14 bits per heavy atom. The Labute approximate surface area is 164 Å². The first-order valence-corrected chi connectivity index (χ1v) is 9.00. The molecule has 0 fully saturated rings. The fourth-order valence-corrected chi connectivity index (χ4v) is 2.34. The van der Waals surface area contributed by atoms with Gasteiger partial charge in [0.2, 0.25) is 0 Å². The quantitative estimate of drug-likeness (QED) is 0.422. The van der Waals surface area contributed by atoms with Crippen LogP contribution in [0.25, 0.3) is 6.08 Å². The highest BCUT2D eigenvalue weighted by Gasteiger charge is 2.12. The summed E-state index contributed by atoms with van der Waals surface area (Å²) in [5.41, 5.74) is 1.39. The van der Waals surface area contributed by atoms with Crippen LogP contribution in [-0.4, -0.2) is 25.1 Å². The van der Waals surface area contributed by atoms with E-state index in [0.29, 0.717) is 30.0 Å². The van der Waals surface area contributed by atoms with Crippen LogP contribution in [0.2, 0.25) is 0 Å². The molecule has 6 nitrogen and oxygen atoms in total. The minimum atomic E-state index is -0.560. The zero-order valence-electron chi connectivity index (χ0n) is 15.9. The molecule has 0 unspecified atom stereocenters. The molecule has 1 amide bonds. The van der Waals surface area contributed by atoms with E-state index in [1.807, 2.05) is 19.9 Å². The summed E-state index contributed by atoms with van der Waals surface area (Å²) in [5.74, 6) is -0.298. The Morgan fingerprint density at radius 2 is 1.89 bits per heavy atom. The summed E-state index contributed by atoms with van der Waals surface area (Å²) in [6.45, 7) is 4.69. The molecule has 0 bridgehead atoms. The number of nitriles is 1. The van der Waals surface area contributed by atoms with Gasteiger partial charge in [0.25, 0.3) is 5.91 Å². The summed E-state index contributed by atoms with van der Waals surface area (Å²) >= 11 is 0. The molecule has 0 aliphatic carbocycles. The molecule has 0 spiro atoms. The molecule has 0 atom stereocenters. The van der Waals surface area contributed by atoms with Crippen LogP contribution in [0.4, 0.5) is 5.69 Å². The lowest BCUT2D eigenvalue weighted by atomic mass is 10.1. The van der Waals surface area contributed by atoms with Crippen LogP contribution < -0.4 is 10.1 Å². The zero-order valence-corrected chi connectivity index (χ0v) is 15.9. The van der Waals surface area contributed by atoms with Gasteiger partial charge < -0.3 is 14.8 Å². The average Bonchev–Trinajstić information content (AvgIpc) is 2.71. The van der Waals surface area contributed by atoms with E-state index in [1.54, 1.807) is 42.5 Å². The van der Waals surface area contributed by atoms with Crippen molar-refractivity contribution in [3.8, 4) is 11.8 Å². The number of nitrogens with zero attached hydrogens (tertiary/aromatic N) is 1. The second-order valence-electron chi connectivity index (χ2n) is 5.84. The Balaban J connectivity index is 2.11. The van der Waals surface area contributed by atoms with E-state index < -0.39 is 11.9 Å². The Bertz CT molecular complexity index is 895. The zero-order chi connectivity index (χ0) is 20.4. The molecule has 144 valence electrons.